The maximum Gasteiger partial charge on any atom is 0.300 e. The van der Waals surface area contributed by atoms with Gasteiger partial charge in [0.15, 0.2) is 0 Å². The zero-order valence-corrected chi connectivity index (χ0v) is 21.2. The molecular weight excluding hydrogens is 478 g/mol. The number of hydrogen-bond donors (Lipinski definition) is 1. The van der Waals surface area contributed by atoms with E-state index in [4.69, 9.17) is 21.1 Å². The summed E-state index contributed by atoms with van der Waals surface area (Å²) in [4.78, 5) is 28.2. The number of ketones is 1. The van der Waals surface area contributed by atoms with Gasteiger partial charge < -0.3 is 14.6 Å². The molecule has 0 aliphatic carbocycles. The van der Waals surface area contributed by atoms with Gasteiger partial charge in [-0.25, -0.2) is 0 Å². The number of carbonyl (C=O) groups excluding carboxylic acids is 2. The SMILES string of the molecule is CCCOc1cccc(N2C(=O)C(=O)/C(=C(/O)c3ccc(Cl)c(OC)c3)C2c2ccc(CC)cc2)c1. The van der Waals surface area contributed by atoms with Crippen LogP contribution in [0.5, 0.6) is 11.5 Å². The van der Waals surface area contributed by atoms with E-state index in [9.17, 15) is 14.7 Å². The van der Waals surface area contributed by atoms with Crippen molar-refractivity contribution >= 4 is 34.7 Å². The van der Waals surface area contributed by atoms with E-state index in [-0.39, 0.29) is 11.3 Å². The van der Waals surface area contributed by atoms with Crippen molar-refractivity contribution in [2.24, 2.45) is 0 Å². The Bertz CT molecular complexity index is 1320. The molecule has 3 aromatic rings. The van der Waals surface area contributed by atoms with Gasteiger partial charge in [-0.15, -0.1) is 0 Å². The minimum atomic E-state index is -0.834. The highest BCUT2D eigenvalue weighted by atomic mass is 35.5. The molecule has 1 N–H and O–H groups in total. The van der Waals surface area contributed by atoms with Gasteiger partial charge in [0.25, 0.3) is 11.7 Å². The van der Waals surface area contributed by atoms with E-state index in [1.165, 1.54) is 12.0 Å². The van der Waals surface area contributed by atoms with Gasteiger partial charge in [0.2, 0.25) is 0 Å². The summed E-state index contributed by atoms with van der Waals surface area (Å²) in [6, 6.07) is 18.6. The molecule has 3 aromatic carbocycles. The van der Waals surface area contributed by atoms with Crippen LogP contribution in [-0.4, -0.2) is 30.5 Å². The monoisotopic (exact) mass is 505 g/mol. The van der Waals surface area contributed by atoms with Gasteiger partial charge in [0.05, 0.1) is 30.4 Å². The number of amides is 1. The highest BCUT2D eigenvalue weighted by Gasteiger charge is 2.47. The fourth-order valence-electron chi connectivity index (χ4n) is 4.26. The molecule has 7 heteroatoms. The molecule has 0 spiro atoms. The van der Waals surface area contributed by atoms with Gasteiger partial charge in [0.1, 0.15) is 17.3 Å². The Kier molecular flexibility index (Phi) is 7.65. The second-order valence-electron chi connectivity index (χ2n) is 8.46. The van der Waals surface area contributed by atoms with E-state index in [0.717, 1.165) is 18.4 Å². The molecule has 1 saturated heterocycles. The fourth-order valence-corrected chi connectivity index (χ4v) is 4.45. The van der Waals surface area contributed by atoms with Gasteiger partial charge in [-0.2, -0.15) is 0 Å². The summed E-state index contributed by atoms with van der Waals surface area (Å²) in [5, 5.41) is 11.7. The van der Waals surface area contributed by atoms with Gasteiger partial charge >= 0.3 is 0 Å². The average Bonchev–Trinajstić information content (AvgIpc) is 3.17. The van der Waals surface area contributed by atoms with E-state index in [1.54, 1.807) is 42.5 Å². The smallest absolute Gasteiger partial charge is 0.300 e. The normalized spacial score (nSPS) is 16.9. The van der Waals surface area contributed by atoms with Gasteiger partial charge in [-0.3, -0.25) is 14.5 Å². The van der Waals surface area contributed by atoms with Gasteiger partial charge in [-0.1, -0.05) is 55.8 Å². The number of rotatable bonds is 8. The Morgan fingerprint density at radius 1 is 1.03 bits per heavy atom. The van der Waals surface area contributed by atoms with E-state index in [1.807, 2.05) is 31.2 Å². The topological polar surface area (TPSA) is 76.1 Å². The molecule has 1 amide bonds. The third-order valence-corrected chi connectivity index (χ3v) is 6.45. The molecule has 4 rings (SSSR count). The van der Waals surface area contributed by atoms with E-state index in [2.05, 4.69) is 6.92 Å². The highest BCUT2D eigenvalue weighted by molar-refractivity contribution is 6.51. The largest absolute Gasteiger partial charge is 0.507 e. The number of halogens is 1. The van der Waals surface area contributed by atoms with Crippen LogP contribution in [0.4, 0.5) is 5.69 Å². The summed E-state index contributed by atoms with van der Waals surface area (Å²) in [5.41, 5.74) is 2.64. The summed E-state index contributed by atoms with van der Waals surface area (Å²) in [5.74, 6) is -0.854. The minimum Gasteiger partial charge on any atom is -0.507 e. The molecule has 1 fully saturated rings. The zero-order valence-electron chi connectivity index (χ0n) is 20.5. The molecule has 1 atom stereocenters. The van der Waals surface area contributed by atoms with Crippen LogP contribution in [0.25, 0.3) is 5.76 Å². The Morgan fingerprint density at radius 2 is 1.78 bits per heavy atom. The first kappa shape index (κ1) is 25.3. The summed E-state index contributed by atoms with van der Waals surface area (Å²) < 4.78 is 11.0. The number of methoxy groups -OCH3 is 1. The predicted molar refractivity (Wildman–Crippen MR) is 141 cm³/mol. The molecule has 0 bridgehead atoms. The van der Waals surface area contributed by atoms with Crippen LogP contribution >= 0.6 is 11.6 Å². The molecule has 0 radical (unpaired) electrons. The average molecular weight is 506 g/mol. The van der Waals surface area contributed by atoms with Crippen LogP contribution in [-0.2, 0) is 16.0 Å². The Morgan fingerprint density at radius 3 is 2.44 bits per heavy atom. The third kappa shape index (κ3) is 4.82. The first-order chi connectivity index (χ1) is 17.4. The lowest BCUT2D eigenvalue weighted by molar-refractivity contribution is -0.132. The molecule has 1 aliphatic rings. The van der Waals surface area contributed by atoms with E-state index in [0.29, 0.717) is 39.9 Å². The second kappa shape index (κ2) is 10.9. The third-order valence-electron chi connectivity index (χ3n) is 6.14. The summed E-state index contributed by atoms with van der Waals surface area (Å²) in [7, 11) is 1.47. The first-order valence-electron chi connectivity index (χ1n) is 11.9. The number of nitrogens with zero attached hydrogens (tertiary/aromatic N) is 1. The van der Waals surface area contributed by atoms with Crippen molar-refractivity contribution in [2.45, 2.75) is 32.7 Å². The predicted octanol–water partition coefficient (Wildman–Crippen LogP) is 6.33. The van der Waals surface area contributed by atoms with Crippen molar-refractivity contribution in [1.29, 1.82) is 0 Å². The molecule has 1 unspecified atom stereocenters. The number of ether oxygens (including phenoxy) is 2. The van der Waals surface area contributed by atoms with Crippen molar-refractivity contribution in [2.75, 3.05) is 18.6 Å². The van der Waals surface area contributed by atoms with Crippen molar-refractivity contribution in [1.82, 2.24) is 0 Å². The standard InChI is InChI=1S/C29H28ClNO5/c1-4-15-36-22-8-6-7-21(17-22)31-26(19-11-9-18(5-2)10-12-19)25(28(33)29(31)34)27(32)20-13-14-23(30)24(16-20)35-3/h6-14,16-17,26,32H,4-5,15H2,1-3H3/b27-25+. The van der Waals surface area contributed by atoms with Gasteiger partial charge in [-0.05, 0) is 54.3 Å². The molecule has 1 heterocycles. The maximum atomic E-state index is 13.4. The van der Waals surface area contributed by atoms with Crippen LogP contribution in [0.2, 0.25) is 5.02 Å². The van der Waals surface area contributed by atoms with Crippen molar-refractivity contribution < 1.29 is 24.2 Å². The fraction of sp³-hybridized carbons (Fsp3) is 0.241. The molecule has 0 aromatic heterocycles. The summed E-state index contributed by atoms with van der Waals surface area (Å²) >= 11 is 6.16. The molecule has 186 valence electrons. The first-order valence-corrected chi connectivity index (χ1v) is 12.2. The molecular formula is C29H28ClNO5. The second-order valence-corrected chi connectivity index (χ2v) is 8.87. The Hall–Kier alpha value is -3.77. The number of hydrogen-bond acceptors (Lipinski definition) is 5. The number of carbonyl (C=O) groups is 2. The van der Waals surface area contributed by atoms with Crippen molar-refractivity contribution in [3.8, 4) is 11.5 Å². The summed E-state index contributed by atoms with van der Waals surface area (Å²) in [6.07, 6.45) is 1.69. The van der Waals surface area contributed by atoms with E-state index < -0.39 is 17.7 Å². The molecule has 0 saturated carbocycles. The lowest BCUT2D eigenvalue weighted by Gasteiger charge is -2.26. The zero-order chi connectivity index (χ0) is 25.8. The van der Waals surface area contributed by atoms with Crippen LogP contribution in [0, 0.1) is 0 Å². The van der Waals surface area contributed by atoms with Gasteiger partial charge in [0, 0.05) is 17.3 Å². The number of aliphatic hydroxyl groups is 1. The van der Waals surface area contributed by atoms with Crippen LogP contribution in [0.3, 0.4) is 0 Å². The van der Waals surface area contributed by atoms with Crippen LogP contribution in [0.15, 0.2) is 72.3 Å². The van der Waals surface area contributed by atoms with Crippen LogP contribution < -0.4 is 14.4 Å². The Labute approximate surface area is 215 Å². The van der Waals surface area contributed by atoms with Crippen molar-refractivity contribution in [3.05, 3.63) is 94.0 Å². The molecule has 6 nitrogen and oxygen atoms in total. The quantitative estimate of drug-likeness (QED) is 0.220. The number of aryl methyl sites for hydroxylation is 1. The minimum absolute atomic E-state index is 0.00602. The lowest BCUT2D eigenvalue weighted by Crippen LogP contribution is -2.29. The number of aliphatic hydroxyl groups excluding tert-OH is 1. The maximum absolute atomic E-state index is 13.4. The lowest BCUT2D eigenvalue weighted by atomic mass is 9.94. The van der Waals surface area contributed by atoms with Crippen molar-refractivity contribution in [3.63, 3.8) is 0 Å². The molecule has 1 aliphatic heterocycles. The summed E-state index contributed by atoms with van der Waals surface area (Å²) in [6.45, 7) is 4.59. The van der Waals surface area contributed by atoms with Crippen LogP contribution in [0.1, 0.15) is 43.0 Å². The number of Topliss-reactive ketones (excluding diaryl/α,β-unsaturated/α-hetero) is 1. The molecule has 36 heavy (non-hydrogen) atoms. The number of anilines is 1. The Balaban J connectivity index is 1.90. The number of benzene rings is 3. The van der Waals surface area contributed by atoms with E-state index >= 15 is 0 Å². The highest BCUT2D eigenvalue weighted by Crippen LogP contribution is 2.43.